The highest BCUT2D eigenvalue weighted by Gasteiger charge is 2.05. The van der Waals surface area contributed by atoms with E-state index in [1.807, 2.05) is 24.3 Å². The van der Waals surface area contributed by atoms with Crippen molar-refractivity contribution in [1.29, 1.82) is 0 Å². The summed E-state index contributed by atoms with van der Waals surface area (Å²) in [6.07, 6.45) is 0. The maximum Gasteiger partial charge on any atom is 0.271 e. The molecule has 0 unspecified atom stereocenters. The third-order valence-corrected chi connectivity index (χ3v) is 3.02. The Balaban J connectivity index is 2.21. The minimum Gasteiger partial charge on any atom is -0.272 e. The molecule has 17 heavy (non-hydrogen) atoms. The number of hydrogen-bond donors (Lipinski definition) is 1. The summed E-state index contributed by atoms with van der Waals surface area (Å²) in [5, 5.41) is 2.98. The van der Waals surface area contributed by atoms with E-state index in [0.717, 1.165) is 10.0 Å². The van der Waals surface area contributed by atoms with Crippen molar-refractivity contribution in [2.75, 3.05) is 0 Å². The summed E-state index contributed by atoms with van der Waals surface area (Å²) in [4.78, 5) is 15.9. The standard InChI is InChI=1S/C12H8BrN3O/c13-9-6-4-8(5-7-9)12-14-10-2-1-3-11(17)16(10)15-12/h1-7H,(H,14,15). The Morgan fingerprint density at radius 3 is 2.59 bits per heavy atom. The molecule has 0 aliphatic carbocycles. The van der Waals surface area contributed by atoms with Crippen LogP contribution in [0.1, 0.15) is 0 Å². The molecule has 1 N–H and O–H groups in total. The van der Waals surface area contributed by atoms with Gasteiger partial charge in [0.25, 0.3) is 5.56 Å². The van der Waals surface area contributed by atoms with Crippen LogP contribution < -0.4 is 5.56 Å². The summed E-state index contributed by atoms with van der Waals surface area (Å²) in [6, 6.07) is 12.7. The summed E-state index contributed by atoms with van der Waals surface area (Å²) in [5.41, 5.74) is 1.45. The smallest absolute Gasteiger partial charge is 0.271 e. The number of aromatic amines is 1. The van der Waals surface area contributed by atoms with Gasteiger partial charge in [-0.2, -0.15) is 4.52 Å². The third-order valence-electron chi connectivity index (χ3n) is 2.50. The van der Waals surface area contributed by atoms with Crippen molar-refractivity contribution >= 4 is 21.6 Å². The molecule has 0 spiro atoms. The van der Waals surface area contributed by atoms with Gasteiger partial charge in [0.15, 0.2) is 11.5 Å². The number of H-pyrrole nitrogens is 1. The minimum absolute atomic E-state index is 0.113. The van der Waals surface area contributed by atoms with Crippen LogP contribution in [-0.2, 0) is 0 Å². The number of nitrogens with zero attached hydrogens (tertiary/aromatic N) is 2. The van der Waals surface area contributed by atoms with Gasteiger partial charge < -0.3 is 0 Å². The molecule has 4 nitrogen and oxygen atoms in total. The molecule has 0 saturated carbocycles. The Morgan fingerprint density at radius 1 is 1.12 bits per heavy atom. The highest BCUT2D eigenvalue weighted by Crippen LogP contribution is 2.18. The second kappa shape index (κ2) is 3.85. The van der Waals surface area contributed by atoms with E-state index in [9.17, 15) is 4.79 Å². The first-order valence-corrected chi connectivity index (χ1v) is 5.87. The zero-order chi connectivity index (χ0) is 11.8. The van der Waals surface area contributed by atoms with E-state index in [0.29, 0.717) is 11.5 Å². The summed E-state index contributed by atoms with van der Waals surface area (Å²) in [5.74, 6) is 0.681. The van der Waals surface area contributed by atoms with Gasteiger partial charge in [-0.1, -0.05) is 34.1 Å². The van der Waals surface area contributed by atoms with Crippen LogP contribution in [0.15, 0.2) is 51.7 Å². The van der Waals surface area contributed by atoms with Crippen molar-refractivity contribution in [2.24, 2.45) is 0 Å². The number of aromatic nitrogens is 3. The van der Waals surface area contributed by atoms with Gasteiger partial charge in [0.2, 0.25) is 0 Å². The second-order valence-electron chi connectivity index (χ2n) is 3.64. The number of pyridine rings is 1. The van der Waals surface area contributed by atoms with Crippen LogP contribution >= 0.6 is 15.9 Å². The van der Waals surface area contributed by atoms with Crippen molar-refractivity contribution in [3.63, 3.8) is 0 Å². The molecule has 0 saturated heterocycles. The minimum atomic E-state index is -0.113. The molecule has 0 fully saturated rings. The van der Waals surface area contributed by atoms with Crippen LogP contribution in [0.25, 0.3) is 17.0 Å². The van der Waals surface area contributed by atoms with Crippen LogP contribution in [0.3, 0.4) is 0 Å². The molecule has 0 amide bonds. The molecular weight excluding hydrogens is 282 g/mol. The van der Waals surface area contributed by atoms with E-state index >= 15 is 0 Å². The van der Waals surface area contributed by atoms with Gasteiger partial charge in [0, 0.05) is 16.1 Å². The molecule has 3 aromatic rings. The zero-order valence-corrected chi connectivity index (χ0v) is 10.3. The predicted octanol–water partition coefficient (Wildman–Crippen LogP) is 2.45. The van der Waals surface area contributed by atoms with Crippen molar-refractivity contribution in [1.82, 2.24) is 14.6 Å². The average Bonchev–Trinajstić information content (AvgIpc) is 2.75. The number of rotatable bonds is 1. The van der Waals surface area contributed by atoms with Gasteiger partial charge in [-0.25, -0.2) is 4.98 Å². The van der Waals surface area contributed by atoms with E-state index < -0.39 is 0 Å². The lowest BCUT2D eigenvalue weighted by molar-refractivity contribution is 0.924. The fourth-order valence-electron chi connectivity index (χ4n) is 1.66. The molecule has 0 radical (unpaired) electrons. The quantitative estimate of drug-likeness (QED) is 0.748. The van der Waals surface area contributed by atoms with Gasteiger partial charge in [0.05, 0.1) is 0 Å². The monoisotopic (exact) mass is 289 g/mol. The molecule has 2 heterocycles. The van der Waals surface area contributed by atoms with E-state index in [-0.39, 0.29) is 5.56 Å². The Labute approximate surface area is 105 Å². The Morgan fingerprint density at radius 2 is 1.88 bits per heavy atom. The molecular formula is C12H8BrN3O. The fraction of sp³-hybridized carbons (Fsp3) is 0. The Hall–Kier alpha value is -1.88. The number of halogens is 1. The van der Waals surface area contributed by atoms with Gasteiger partial charge >= 0.3 is 0 Å². The highest BCUT2D eigenvalue weighted by atomic mass is 79.9. The van der Waals surface area contributed by atoms with Crippen molar-refractivity contribution < 1.29 is 0 Å². The predicted molar refractivity (Wildman–Crippen MR) is 68.9 cm³/mol. The van der Waals surface area contributed by atoms with Crippen LogP contribution in [0.2, 0.25) is 0 Å². The SMILES string of the molecule is O=c1cccc2nc(-c3ccc(Br)cc3)[nH]n12. The van der Waals surface area contributed by atoms with Crippen molar-refractivity contribution in [3.8, 4) is 11.4 Å². The van der Waals surface area contributed by atoms with Gasteiger partial charge in [-0.3, -0.25) is 9.89 Å². The van der Waals surface area contributed by atoms with Crippen molar-refractivity contribution in [2.45, 2.75) is 0 Å². The normalized spacial score (nSPS) is 10.9. The summed E-state index contributed by atoms with van der Waals surface area (Å²) < 4.78 is 2.44. The highest BCUT2D eigenvalue weighted by molar-refractivity contribution is 9.10. The largest absolute Gasteiger partial charge is 0.272 e. The molecule has 0 bridgehead atoms. The van der Waals surface area contributed by atoms with Gasteiger partial charge in [-0.15, -0.1) is 0 Å². The summed E-state index contributed by atoms with van der Waals surface area (Å²) >= 11 is 3.38. The molecule has 84 valence electrons. The van der Waals surface area contributed by atoms with Crippen LogP contribution in [0, 0.1) is 0 Å². The first-order chi connectivity index (χ1) is 8.24. The maximum absolute atomic E-state index is 11.6. The zero-order valence-electron chi connectivity index (χ0n) is 8.72. The topological polar surface area (TPSA) is 50.2 Å². The second-order valence-corrected chi connectivity index (χ2v) is 4.55. The number of hydrogen-bond acceptors (Lipinski definition) is 2. The van der Waals surface area contributed by atoms with E-state index in [2.05, 4.69) is 26.0 Å². The van der Waals surface area contributed by atoms with Crippen LogP contribution in [0.5, 0.6) is 0 Å². The summed E-state index contributed by atoms with van der Waals surface area (Å²) in [6.45, 7) is 0. The Kier molecular flexibility index (Phi) is 2.33. The molecule has 2 aromatic heterocycles. The Bertz CT molecular complexity index is 727. The van der Waals surface area contributed by atoms with E-state index in [4.69, 9.17) is 0 Å². The summed E-state index contributed by atoms with van der Waals surface area (Å²) in [7, 11) is 0. The lowest BCUT2D eigenvalue weighted by atomic mass is 10.2. The molecule has 5 heteroatoms. The molecule has 0 aliphatic heterocycles. The van der Waals surface area contributed by atoms with Gasteiger partial charge in [-0.05, 0) is 18.2 Å². The molecule has 0 atom stereocenters. The van der Waals surface area contributed by atoms with Crippen LogP contribution in [0.4, 0.5) is 0 Å². The van der Waals surface area contributed by atoms with E-state index in [1.54, 1.807) is 12.1 Å². The average molecular weight is 290 g/mol. The van der Waals surface area contributed by atoms with E-state index in [1.165, 1.54) is 10.6 Å². The lowest BCUT2D eigenvalue weighted by Gasteiger charge is -1.95. The lowest BCUT2D eigenvalue weighted by Crippen LogP contribution is -2.11. The third kappa shape index (κ3) is 1.78. The molecule has 3 rings (SSSR count). The first-order valence-electron chi connectivity index (χ1n) is 5.08. The molecule has 1 aromatic carbocycles. The molecule has 0 aliphatic rings. The van der Waals surface area contributed by atoms with Crippen molar-refractivity contribution in [3.05, 3.63) is 57.3 Å². The van der Waals surface area contributed by atoms with Gasteiger partial charge in [0.1, 0.15) is 0 Å². The fourth-order valence-corrected chi connectivity index (χ4v) is 1.92. The first kappa shape index (κ1) is 10.3. The van der Waals surface area contributed by atoms with Crippen LogP contribution in [-0.4, -0.2) is 14.6 Å². The number of fused-ring (bicyclic) bond motifs is 1. The maximum atomic E-state index is 11.6. The number of benzene rings is 1. The number of nitrogens with one attached hydrogen (secondary N) is 1.